The zero-order valence-electron chi connectivity index (χ0n) is 10.1. The number of nitrogens with zero attached hydrogens (tertiary/aromatic N) is 2. The van der Waals surface area contributed by atoms with E-state index in [1.165, 1.54) is 44.5 Å². The molecule has 0 spiro atoms. The quantitative estimate of drug-likeness (QED) is 0.840. The molecule has 0 radical (unpaired) electrons. The molecule has 1 aliphatic heterocycles. The van der Waals surface area contributed by atoms with Gasteiger partial charge in [0.2, 0.25) is 0 Å². The van der Waals surface area contributed by atoms with Crippen LogP contribution in [0.1, 0.15) is 31.4 Å². The van der Waals surface area contributed by atoms with E-state index in [4.69, 9.17) is 0 Å². The van der Waals surface area contributed by atoms with Gasteiger partial charge >= 0.3 is 0 Å². The highest BCUT2D eigenvalue weighted by atomic mass is 35.5. The lowest BCUT2D eigenvalue weighted by atomic mass is 10.2. The first-order valence-electron chi connectivity index (χ1n) is 6.37. The number of rotatable bonds is 5. The van der Waals surface area contributed by atoms with Crippen molar-refractivity contribution in [1.82, 2.24) is 20.4 Å². The third-order valence-electron chi connectivity index (χ3n) is 3.61. The zero-order valence-corrected chi connectivity index (χ0v) is 10.9. The highest BCUT2D eigenvalue weighted by Gasteiger charge is 2.31. The van der Waals surface area contributed by atoms with Gasteiger partial charge in [0.25, 0.3) is 0 Å². The van der Waals surface area contributed by atoms with Crippen LogP contribution in [0.4, 0.5) is 0 Å². The summed E-state index contributed by atoms with van der Waals surface area (Å²) >= 11 is 0. The van der Waals surface area contributed by atoms with Gasteiger partial charge in [0, 0.05) is 37.1 Å². The maximum atomic E-state index is 4.02. The normalized spacial score (nSPS) is 23.9. The van der Waals surface area contributed by atoms with Crippen molar-refractivity contribution in [3.05, 3.63) is 18.0 Å². The van der Waals surface area contributed by atoms with E-state index >= 15 is 0 Å². The monoisotopic (exact) mass is 256 g/mol. The van der Waals surface area contributed by atoms with E-state index in [2.05, 4.69) is 26.5 Å². The van der Waals surface area contributed by atoms with E-state index in [1.807, 2.05) is 6.20 Å². The number of hydrogen-bond donors (Lipinski definition) is 2. The van der Waals surface area contributed by atoms with Gasteiger partial charge in [-0.3, -0.25) is 10.00 Å². The summed E-state index contributed by atoms with van der Waals surface area (Å²) in [5.74, 6) is 0. The third-order valence-corrected chi connectivity index (χ3v) is 3.61. The van der Waals surface area contributed by atoms with Crippen molar-refractivity contribution in [2.75, 3.05) is 13.1 Å². The number of halogens is 1. The Bertz CT molecular complexity index is 317. The van der Waals surface area contributed by atoms with Crippen molar-refractivity contribution >= 4 is 12.4 Å². The molecule has 1 saturated carbocycles. The molecule has 2 aliphatic rings. The fourth-order valence-electron chi connectivity index (χ4n) is 2.57. The largest absolute Gasteiger partial charge is 0.313 e. The van der Waals surface area contributed by atoms with Crippen molar-refractivity contribution in [1.29, 1.82) is 0 Å². The minimum absolute atomic E-state index is 0. The Kier molecular flexibility index (Phi) is 4.42. The molecule has 2 heterocycles. The molecule has 2 fully saturated rings. The van der Waals surface area contributed by atoms with Crippen molar-refractivity contribution < 1.29 is 0 Å². The molecule has 1 atom stereocenters. The van der Waals surface area contributed by atoms with E-state index in [9.17, 15) is 0 Å². The second-order valence-electron chi connectivity index (χ2n) is 5.04. The van der Waals surface area contributed by atoms with Crippen LogP contribution in [0.15, 0.2) is 12.3 Å². The van der Waals surface area contributed by atoms with Crippen molar-refractivity contribution in [3.63, 3.8) is 0 Å². The highest BCUT2D eigenvalue weighted by molar-refractivity contribution is 5.85. The van der Waals surface area contributed by atoms with Crippen LogP contribution in [0.5, 0.6) is 0 Å². The Balaban J connectivity index is 0.00000108. The molecule has 96 valence electrons. The summed E-state index contributed by atoms with van der Waals surface area (Å²) in [6.45, 7) is 3.43. The summed E-state index contributed by atoms with van der Waals surface area (Å²) in [4.78, 5) is 2.61. The molecular formula is C12H21ClN4. The Hall–Kier alpha value is -0.580. The predicted octanol–water partition coefficient (Wildman–Crippen LogP) is 1.55. The van der Waals surface area contributed by atoms with Crippen molar-refractivity contribution in [3.8, 4) is 0 Å². The number of aromatic nitrogens is 2. The number of aromatic amines is 1. The van der Waals surface area contributed by atoms with Crippen LogP contribution < -0.4 is 5.32 Å². The number of H-pyrrole nitrogens is 1. The van der Waals surface area contributed by atoms with Gasteiger partial charge in [-0.2, -0.15) is 5.10 Å². The van der Waals surface area contributed by atoms with Gasteiger partial charge in [-0.1, -0.05) is 0 Å². The molecule has 4 nitrogen and oxygen atoms in total. The van der Waals surface area contributed by atoms with Crippen LogP contribution in [0.2, 0.25) is 0 Å². The topological polar surface area (TPSA) is 44.0 Å². The average molecular weight is 257 g/mol. The number of nitrogens with one attached hydrogen (secondary N) is 2. The van der Waals surface area contributed by atoms with Gasteiger partial charge in [-0.15, -0.1) is 12.4 Å². The van der Waals surface area contributed by atoms with Gasteiger partial charge < -0.3 is 5.32 Å². The molecular weight excluding hydrogens is 236 g/mol. The van der Waals surface area contributed by atoms with Gasteiger partial charge in [-0.25, -0.2) is 0 Å². The van der Waals surface area contributed by atoms with Gasteiger partial charge in [0.15, 0.2) is 0 Å². The third kappa shape index (κ3) is 3.44. The average Bonchev–Trinajstić information content (AvgIpc) is 2.79. The van der Waals surface area contributed by atoms with Crippen LogP contribution >= 0.6 is 12.4 Å². The zero-order chi connectivity index (χ0) is 10.8. The molecule has 1 aliphatic carbocycles. The minimum Gasteiger partial charge on any atom is -0.313 e. The van der Waals surface area contributed by atoms with E-state index in [0.29, 0.717) is 6.04 Å². The van der Waals surface area contributed by atoms with Crippen LogP contribution in [0, 0.1) is 0 Å². The summed E-state index contributed by atoms with van der Waals surface area (Å²) in [6, 6.07) is 3.62. The maximum Gasteiger partial charge on any atom is 0.0492 e. The summed E-state index contributed by atoms with van der Waals surface area (Å²) < 4.78 is 0. The first kappa shape index (κ1) is 12.9. The maximum absolute atomic E-state index is 4.02. The molecule has 1 unspecified atom stereocenters. The van der Waals surface area contributed by atoms with Crippen LogP contribution in [0.3, 0.4) is 0 Å². The standard InChI is InChI=1S/C12H20N4.ClH/c1-2-10(13-6-1)8-16(12-3-4-12)9-11-5-7-14-15-11;/h5,7,10,12-13H,1-4,6,8-9H2,(H,14,15);1H. The van der Waals surface area contributed by atoms with E-state index in [0.717, 1.165) is 12.6 Å². The van der Waals surface area contributed by atoms with Crippen LogP contribution in [-0.4, -0.2) is 40.3 Å². The SMILES string of the molecule is Cl.c1cc(CN(CC2CCCN2)C2CC2)[nH]n1. The minimum atomic E-state index is 0. The molecule has 3 rings (SSSR count). The molecule has 0 aromatic carbocycles. The molecule has 0 bridgehead atoms. The van der Waals surface area contributed by atoms with Crippen molar-refractivity contribution in [2.24, 2.45) is 0 Å². The Labute approximate surface area is 109 Å². The van der Waals surface area contributed by atoms with Gasteiger partial charge in [-0.05, 0) is 38.3 Å². The Morgan fingerprint density at radius 1 is 1.35 bits per heavy atom. The smallest absolute Gasteiger partial charge is 0.0492 e. The van der Waals surface area contributed by atoms with E-state index in [1.54, 1.807) is 0 Å². The van der Waals surface area contributed by atoms with E-state index in [-0.39, 0.29) is 12.4 Å². The fourth-order valence-corrected chi connectivity index (χ4v) is 2.57. The molecule has 1 aromatic heterocycles. The van der Waals surface area contributed by atoms with Crippen LogP contribution in [-0.2, 0) is 6.54 Å². The Morgan fingerprint density at radius 2 is 2.24 bits per heavy atom. The lowest BCUT2D eigenvalue weighted by molar-refractivity contribution is 0.228. The molecule has 1 saturated heterocycles. The summed E-state index contributed by atoms with van der Waals surface area (Å²) in [5, 5.41) is 10.7. The highest BCUT2D eigenvalue weighted by Crippen LogP contribution is 2.28. The first-order valence-corrected chi connectivity index (χ1v) is 6.37. The number of hydrogen-bond acceptors (Lipinski definition) is 3. The Morgan fingerprint density at radius 3 is 2.82 bits per heavy atom. The molecule has 5 heteroatoms. The molecule has 2 N–H and O–H groups in total. The summed E-state index contributed by atoms with van der Waals surface area (Å²) in [6.07, 6.45) is 7.27. The van der Waals surface area contributed by atoms with Gasteiger partial charge in [0.05, 0.1) is 0 Å². The predicted molar refractivity (Wildman–Crippen MR) is 70.3 cm³/mol. The molecule has 0 amide bonds. The van der Waals surface area contributed by atoms with E-state index < -0.39 is 0 Å². The lowest BCUT2D eigenvalue weighted by Gasteiger charge is -2.24. The molecule has 1 aromatic rings. The van der Waals surface area contributed by atoms with Gasteiger partial charge in [0.1, 0.15) is 0 Å². The lowest BCUT2D eigenvalue weighted by Crippen LogP contribution is -2.38. The second kappa shape index (κ2) is 5.85. The van der Waals surface area contributed by atoms with Crippen LogP contribution in [0.25, 0.3) is 0 Å². The molecule has 17 heavy (non-hydrogen) atoms. The fraction of sp³-hybridized carbons (Fsp3) is 0.750. The van der Waals surface area contributed by atoms with Crippen molar-refractivity contribution in [2.45, 2.75) is 44.3 Å². The summed E-state index contributed by atoms with van der Waals surface area (Å²) in [7, 11) is 0. The first-order chi connectivity index (χ1) is 7.92. The second-order valence-corrected chi connectivity index (χ2v) is 5.04. The summed E-state index contributed by atoms with van der Waals surface area (Å²) in [5.41, 5.74) is 1.24.